The number of sulfonamides is 1. The van der Waals surface area contributed by atoms with E-state index < -0.39 is 10.0 Å². The molecule has 2 rings (SSSR count). The summed E-state index contributed by atoms with van der Waals surface area (Å²) >= 11 is 0. The van der Waals surface area contributed by atoms with E-state index in [1.807, 2.05) is 6.07 Å². The van der Waals surface area contributed by atoms with Crippen molar-refractivity contribution in [2.24, 2.45) is 0 Å². The number of rotatable bonds is 6. The molecule has 0 saturated carbocycles. The number of hydrogen-bond acceptors (Lipinski definition) is 5. The Morgan fingerprint density at radius 2 is 2.24 bits per heavy atom. The molecule has 0 unspecified atom stereocenters. The molecule has 0 spiro atoms. The van der Waals surface area contributed by atoms with Crippen LogP contribution < -0.4 is 0 Å². The van der Waals surface area contributed by atoms with Gasteiger partial charge in [-0.15, -0.1) is 0 Å². The fourth-order valence-electron chi connectivity index (χ4n) is 1.89. The van der Waals surface area contributed by atoms with Gasteiger partial charge in [0.2, 0.25) is 10.0 Å². The maximum Gasteiger partial charge on any atom is 0.246 e. The van der Waals surface area contributed by atoms with E-state index >= 15 is 0 Å². The molecule has 0 aliphatic carbocycles. The average Bonchev–Trinajstić information content (AvgIpc) is 2.91. The highest BCUT2D eigenvalue weighted by Crippen LogP contribution is 2.20. The summed E-state index contributed by atoms with van der Waals surface area (Å²) in [6.45, 7) is 1.94. The minimum Gasteiger partial charge on any atom is -0.281 e. The molecule has 0 saturated heterocycles. The van der Waals surface area contributed by atoms with Gasteiger partial charge in [-0.3, -0.25) is 10.1 Å². The summed E-state index contributed by atoms with van der Waals surface area (Å²) in [6, 6.07) is 5.51. The average molecular weight is 305 g/mol. The summed E-state index contributed by atoms with van der Waals surface area (Å²) in [5.41, 5.74) is 1.24. The first-order valence-electron chi connectivity index (χ1n) is 6.31. The molecule has 0 atom stereocenters. The Balaban J connectivity index is 2.32. The fourth-order valence-corrected chi connectivity index (χ4v) is 3.44. The van der Waals surface area contributed by atoms with Crippen molar-refractivity contribution in [2.75, 3.05) is 6.54 Å². The Kier molecular flexibility index (Phi) is 4.67. The number of aromatic nitrogens is 3. The van der Waals surface area contributed by atoms with Gasteiger partial charge in [-0.2, -0.15) is 14.7 Å². The van der Waals surface area contributed by atoms with Gasteiger partial charge in [-0.25, -0.2) is 8.42 Å². The smallest absolute Gasteiger partial charge is 0.246 e. The highest BCUT2D eigenvalue weighted by Gasteiger charge is 2.27. The summed E-state index contributed by atoms with van der Waals surface area (Å²) in [5.74, 6) is 0. The zero-order valence-corrected chi connectivity index (χ0v) is 12.3. The lowest BCUT2D eigenvalue weighted by atomic mass is 10.3. The third-order valence-corrected chi connectivity index (χ3v) is 4.92. The molecule has 0 radical (unpaired) electrons. The molecule has 2 aromatic heterocycles. The van der Waals surface area contributed by atoms with Gasteiger partial charge in [-0.05, 0) is 18.6 Å². The summed E-state index contributed by atoms with van der Waals surface area (Å²) in [7, 11) is -3.70. The Morgan fingerprint density at radius 1 is 1.43 bits per heavy atom. The van der Waals surface area contributed by atoms with Gasteiger partial charge in [0.1, 0.15) is 4.90 Å². The third-order valence-electron chi connectivity index (χ3n) is 2.96. The molecule has 2 heterocycles. The first-order valence-corrected chi connectivity index (χ1v) is 7.75. The minimum absolute atomic E-state index is 0.121. The van der Waals surface area contributed by atoms with E-state index in [2.05, 4.69) is 15.2 Å². The molecule has 110 valence electrons. The second-order valence-corrected chi connectivity index (χ2v) is 6.37. The van der Waals surface area contributed by atoms with Crippen molar-refractivity contribution in [1.29, 1.82) is 5.26 Å². The molecule has 0 aliphatic heterocycles. The van der Waals surface area contributed by atoms with Crippen LogP contribution in [0, 0.1) is 18.3 Å². The van der Waals surface area contributed by atoms with Crippen LogP contribution in [0.3, 0.4) is 0 Å². The van der Waals surface area contributed by atoms with Crippen molar-refractivity contribution in [3.8, 4) is 6.07 Å². The molecule has 8 heteroatoms. The quantitative estimate of drug-likeness (QED) is 0.864. The van der Waals surface area contributed by atoms with Crippen LogP contribution >= 0.6 is 0 Å². The van der Waals surface area contributed by atoms with Crippen LogP contribution in [0.25, 0.3) is 0 Å². The van der Waals surface area contributed by atoms with E-state index in [-0.39, 0.29) is 24.4 Å². The van der Waals surface area contributed by atoms with E-state index in [1.165, 1.54) is 10.5 Å². The van der Waals surface area contributed by atoms with Crippen molar-refractivity contribution >= 4 is 10.0 Å². The van der Waals surface area contributed by atoms with Gasteiger partial charge in [0.05, 0.1) is 18.0 Å². The molecule has 21 heavy (non-hydrogen) atoms. The largest absolute Gasteiger partial charge is 0.281 e. The standard InChI is InChI=1S/C13H15N5O2S/c1-11-13(9-16-17-11)21(19,20)18(7-3-5-14)10-12-4-2-6-15-8-12/h2,4,6,8-9H,3,7,10H2,1H3,(H,16,17). The summed E-state index contributed by atoms with van der Waals surface area (Å²) in [4.78, 5) is 4.10. The van der Waals surface area contributed by atoms with Crippen LogP contribution in [0.2, 0.25) is 0 Å². The van der Waals surface area contributed by atoms with Crippen molar-refractivity contribution < 1.29 is 8.42 Å². The number of aryl methyl sites for hydroxylation is 1. The highest BCUT2D eigenvalue weighted by molar-refractivity contribution is 7.89. The van der Waals surface area contributed by atoms with Gasteiger partial charge in [-0.1, -0.05) is 6.07 Å². The van der Waals surface area contributed by atoms with Crippen molar-refractivity contribution in [3.63, 3.8) is 0 Å². The van der Waals surface area contributed by atoms with Crippen LogP contribution in [-0.4, -0.2) is 34.4 Å². The fraction of sp³-hybridized carbons (Fsp3) is 0.308. The number of hydrogen-bond donors (Lipinski definition) is 1. The van der Waals surface area contributed by atoms with Crippen LogP contribution in [0.1, 0.15) is 17.7 Å². The third kappa shape index (κ3) is 3.45. The number of aromatic amines is 1. The number of nitrogens with zero attached hydrogens (tertiary/aromatic N) is 4. The van der Waals surface area contributed by atoms with E-state index in [4.69, 9.17) is 5.26 Å². The number of nitriles is 1. The normalized spacial score (nSPS) is 11.5. The maximum atomic E-state index is 12.7. The zero-order chi connectivity index (χ0) is 15.3. The summed E-state index contributed by atoms with van der Waals surface area (Å²) in [5, 5.41) is 15.1. The molecule has 0 amide bonds. The lowest BCUT2D eigenvalue weighted by molar-refractivity contribution is 0.412. The Bertz CT molecular complexity index is 733. The maximum absolute atomic E-state index is 12.7. The van der Waals surface area contributed by atoms with Crippen LogP contribution in [-0.2, 0) is 16.6 Å². The van der Waals surface area contributed by atoms with Gasteiger partial charge < -0.3 is 0 Å². The molecule has 2 aromatic rings. The van der Waals surface area contributed by atoms with Crippen molar-refractivity contribution in [3.05, 3.63) is 42.0 Å². The Morgan fingerprint density at radius 3 is 2.81 bits per heavy atom. The monoisotopic (exact) mass is 305 g/mol. The van der Waals surface area contributed by atoms with Gasteiger partial charge in [0.15, 0.2) is 0 Å². The first-order chi connectivity index (χ1) is 10.1. The summed E-state index contributed by atoms with van der Waals surface area (Å²) in [6.07, 6.45) is 4.64. The molecule has 0 fully saturated rings. The van der Waals surface area contributed by atoms with Gasteiger partial charge >= 0.3 is 0 Å². The Hall–Kier alpha value is -2.24. The van der Waals surface area contributed by atoms with Crippen molar-refractivity contribution in [2.45, 2.75) is 24.8 Å². The predicted molar refractivity (Wildman–Crippen MR) is 75.4 cm³/mol. The van der Waals surface area contributed by atoms with Crippen LogP contribution in [0.5, 0.6) is 0 Å². The second kappa shape index (κ2) is 6.47. The van der Waals surface area contributed by atoms with Crippen LogP contribution in [0.15, 0.2) is 35.6 Å². The lowest BCUT2D eigenvalue weighted by Crippen LogP contribution is -2.31. The van der Waals surface area contributed by atoms with Crippen molar-refractivity contribution in [1.82, 2.24) is 19.5 Å². The van der Waals surface area contributed by atoms with Gasteiger partial charge in [0, 0.05) is 31.9 Å². The second-order valence-electron chi connectivity index (χ2n) is 4.47. The van der Waals surface area contributed by atoms with Gasteiger partial charge in [0.25, 0.3) is 0 Å². The molecular formula is C13H15N5O2S. The van der Waals surface area contributed by atoms with E-state index in [1.54, 1.807) is 31.5 Å². The number of pyridine rings is 1. The molecule has 0 bridgehead atoms. The van der Waals surface area contributed by atoms with E-state index in [0.29, 0.717) is 5.69 Å². The topological polar surface area (TPSA) is 103 Å². The predicted octanol–water partition coefficient (Wildman–Crippen LogP) is 1.22. The molecule has 0 aromatic carbocycles. The lowest BCUT2D eigenvalue weighted by Gasteiger charge is -2.20. The molecule has 7 nitrogen and oxygen atoms in total. The van der Waals surface area contributed by atoms with Crippen LogP contribution in [0.4, 0.5) is 0 Å². The van der Waals surface area contributed by atoms with E-state index in [0.717, 1.165) is 5.56 Å². The molecule has 1 N–H and O–H groups in total. The zero-order valence-electron chi connectivity index (χ0n) is 11.5. The first kappa shape index (κ1) is 15.2. The molecule has 0 aliphatic rings. The highest BCUT2D eigenvalue weighted by atomic mass is 32.2. The SMILES string of the molecule is Cc1[nH]ncc1S(=O)(=O)N(CCC#N)Cc1cccnc1. The number of H-pyrrole nitrogens is 1. The van der Waals surface area contributed by atoms with E-state index in [9.17, 15) is 8.42 Å². The summed E-state index contributed by atoms with van der Waals surface area (Å²) < 4.78 is 26.6. The number of nitrogens with one attached hydrogen (secondary N) is 1. The molecular weight excluding hydrogens is 290 g/mol. The Labute approximate surface area is 123 Å². The minimum atomic E-state index is -3.70.